The van der Waals surface area contributed by atoms with Crippen molar-refractivity contribution < 1.29 is 34.3 Å². The van der Waals surface area contributed by atoms with E-state index in [1.165, 1.54) is 0 Å². The molecule has 0 spiro atoms. The number of fused-ring (bicyclic) bond motifs is 1. The van der Waals surface area contributed by atoms with E-state index < -0.39 is 49.2 Å². The molecule has 0 bridgehead atoms. The number of hydrogen-bond acceptors (Lipinski definition) is 7. The number of aliphatic hydroxyl groups is 3. The summed E-state index contributed by atoms with van der Waals surface area (Å²) in [5.41, 5.74) is 0.982. The van der Waals surface area contributed by atoms with Crippen LogP contribution in [0.3, 0.4) is 0 Å². The summed E-state index contributed by atoms with van der Waals surface area (Å²) in [7, 11) is 0. The van der Waals surface area contributed by atoms with Crippen molar-refractivity contribution in [3.8, 4) is 0 Å². The van der Waals surface area contributed by atoms with Crippen molar-refractivity contribution in [1.82, 2.24) is 0 Å². The van der Waals surface area contributed by atoms with Crippen LogP contribution in [0.4, 0.5) is 0 Å². The smallest absolute Gasteiger partial charge is 0.187 e. The quantitative estimate of drug-likeness (QED) is 0.679. The number of ether oxygens (including phenoxy) is 4. The highest BCUT2D eigenvalue weighted by molar-refractivity contribution is 5.13. The molecule has 0 amide bonds. The molecule has 0 saturated carbocycles. The number of hydrogen-bond donors (Lipinski definition) is 3. The molecule has 2 heterocycles. The Hall–Kier alpha value is -1.06. The third-order valence-electron chi connectivity index (χ3n) is 4.22. The Morgan fingerprint density at radius 1 is 1.12 bits per heavy atom. The Morgan fingerprint density at radius 3 is 2.46 bits per heavy atom. The van der Waals surface area contributed by atoms with Crippen LogP contribution in [0.5, 0.6) is 0 Å². The monoisotopic (exact) mass is 340 g/mol. The largest absolute Gasteiger partial charge is 0.394 e. The van der Waals surface area contributed by atoms with Gasteiger partial charge in [0.2, 0.25) is 0 Å². The lowest BCUT2D eigenvalue weighted by molar-refractivity contribution is -0.251. The summed E-state index contributed by atoms with van der Waals surface area (Å²) in [4.78, 5) is 0. The van der Waals surface area contributed by atoms with Gasteiger partial charge in [-0.15, -0.1) is 0 Å². The van der Waals surface area contributed by atoms with Gasteiger partial charge in [0.25, 0.3) is 0 Å². The minimum absolute atomic E-state index is 0.323. The molecule has 3 N–H and O–H groups in total. The van der Waals surface area contributed by atoms with Crippen LogP contribution in [0, 0.1) is 0 Å². The zero-order chi connectivity index (χ0) is 17.3. The lowest BCUT2D eigenvalue weighted by Crippen LogP contribution is -2.46. The molecule has 6 atom stereocenters. The van der Waals surface area contributed by atoms with Crippen LogP contribution < -0.4 is 0 Å². The standard InChI is InChI=1S/C17H24O7/c1-17(2)23-14-13(12(20)11(19)8-18)22-16(15(14)24-17)21-9-10-6-4-3-5-7-10/h3-7,11-16,18-20H,8-9H2,1-2H3/t11-,12+,13+,14-,15-,16-/m0/s1. The van der Waals surface area contributed by atoms with E-state index in [-0.39, 0.29) is 0 Å². The average Bonchev–Trinajstić information content (AvgIpc) is 3.05. The highest BCUT2D eigenvalue weighted by Gasteiger charge is 2.58. The lowest BCUT2D eigenvalue weighted by atomic mass is 10.0. The predicted octanol–water partition coefficient (Wildman–Crippen LogP) is 0.162. The molecule has 2 saturated heterocycles. The summed E-state index contributed by atoms with van der Waals surface area (Å²) in [5.74, 6) is -0.838. The van der Waals surface area contributed by atoms with E-state index in [9.17, 15) is 10.2 Å². The van der Waals surface area contributed by atoms with Crippen LogP contribution in [-0.2, 0) is 25.6 Å². The molecule has 0 radical (unpaired) electrons. The zero-order valence-corrected chi connectivity index (χ0v) is 13.7. The molecule has 0 unspecified atom stereocenters. The molecule has 134 valence electrons. The molecule has 1 aromatic carbocycles. The van der Waals surface area contributed by atoms with Gasteiger partial charge >= 0.3 is 0 Å². The summed E-state index contributed by atoms with van der Waals surface area (Å²) in [5, 5.41) is 29.0. The third-order valence-corrected chi connectivity index (χ3v) is 4.22. The fraction of sp³-hybridized carbons (Fsp3) is 0.647. The molecule has 7 nitrogen and oxygen atoms in total. The molecule has 2 fully saturated rings. The van der Waals surface area contributed by atoms with Crippen molar-refractivity contribution in [2.75, 3.05) is 6.61 Å². The summed E-state index contributed by atoms with van der Waals surface area (Å²) in [6.07, 6.45) is -5.31. The van der Waals surface area contributed by atoms with Gasteiger partial charge in [0.05, 0.1) is 13.2 Å². The molecule has 2 aliphatic rings. The van der Waals surface area contributed by atoms with Crippen molar-refractivity contribution in [2.45, 2.75) is 63.1 Å². The molecule has 0 aliphatic carbocycles. The lowest BCUT2D eigenvalue weighted by Gasteiger charge is -2.28. The summed E-state index contributed by atoms with van der Waals surface area (Å²) >= 11 is 0. The maximum absolute atomic E-state index is 10.2. The Kier molecular flexibility index (Phi) is 5.22. The molecule has 2 aliphatic heterocycles. The Morgan fingerprint density at radius 2 is 1.79 bits per heavy atom. The van der Waals surface area contributed by atoms with Gasteiger partial charge in [-0.3, -0.25) is 0 Å². The number of aliphatic hydroxyl groups excluding tert-OH is 3. The van der Waals surface area contributed by atoms with E-state index in [0.29, 0.717) is 6.61 Å². The second-order valence-electron chi connectivity index (χ2n) is 6.57. The van der Waals surface area contributed by atoms with Gasteiger partial charge < -0.3 is 34.3 Å². The minimum Gasteiger partial charge on any atom is -0.394 e. The summed E-state index contributed by atoms with van der Waals surface area (Å²) < 4.78 is 23.2. The normalized spacial score (nSPS) is 34.0. The van der Waals surface area contributed by atoms with Crippen molar-refractivity contribution in [2.24, 2.45) is 0 Å². The highest BCUT2D eigenvalue weighted by Crippen LogP contribution is 2.40. The average molecular weight is 340 g/mol. The van der Waals surface area contributed by atoms with Crippen molar-refractivity contribution in [3.05, 3.63) is 35.9 Å². The van der Waals surface area contributed by atoms with Gasteiger partial charge in [-0.05, 0) is 19.4 Å². The van der Waals surface area contributed by atoms with Gasteiger partial charge in [0.1, 0.15) is 30.5 Å². The summed E-state index contributed by atoms with van der Waals surface area (Å²) in [6.45, 7) is 3.29. The molecular formula is C17H24O7. The number of rotatable bonds is 6. The van der Waals surface area contributed by atoms with E-state index in [2.05, 4.69) is 0 Å². The van der Waals surface area contributed by atoms with Crippen LogP contribution in [0.1, 0.15) is 19.4 Å². The minimum atomic E-state index is -1.32. The summed E-state index contributed by atoms with van der Waals surface area (Å²) in [6, 6.07) is 9.62. The molecule has 24 heavy (non-hydrogen) atoms. The van der Waals surface area contributed by atoms with E-state index in [1.807, 2.05) is 30.3 Å². The maximum Gasteiger partial charge on any atom is 0.187 e. The molecule has 1 aromatic rings. The first-order chi connectivity index (χ1) is 11.4. The van der Waals surface area contributed by atoms with Crippen molar-refractivity contribution in [3.63, 3.8) is 0 Å². The predicted molar refractivity (Wildman–Crippen MR) is 82.8 cm³/mol. The van der Waals surface area contributed by atoms with Gasteiger partial charge in [0, 0.05) is 0 Å². The van der Waals surface area contributed by atoms with Gasteiger partial charge in [-0.2, -0.15) is 0 Å². The van der Waals surface area contributed by atoms with Crippen molar-refractivity contribution in [1.29, 1.82) is 0 Å². The van der Waals surface area contributed by atoms with E-state index >= 15 is 0 Å². The third kappa shape index (κ3) is 3.62. The van der Waals surface area contributed by atoms with Crippen LogP contribution >= 0.6 is 0 Å². The fourth-order valence-electron chi connectivity index (χ4n) is 3.08. The highest BCUT2D eigenvalue weighted by atomic mass is 16.8. The van der Waals surface area contributed by atoms with Crippen LogP contribution in [0.15, 0.2) is 30.3 Å². The van der Waals surface area contributed by atoms with Gasteiger partial charge in [0.15, 0.2) is 12.1 Å². The van der Waals surface area contributed by atoms with Gasteiger partial charge in [-0.1, -0.05) is 30.3 Å². The van der Waals surface area contributed by atoms with Crippen LogP contribution in [-0.4, -0.2) is 64.5 Å². The first kappa shape index (κ1) is 17.8. The van der Waals surface area contributed by atoms with Crippen LogP contribution in [0.2, 0.25) is 0 Å². The molecule has 0 aromatic heterocycles. The second-order valence-corrected chi connectivity index (χ2v) is 6.57. The second kappa shape index (κ2) is 7.05. The van der Waals surface area contributed by atoms with E-state index in [0.717, 1.165) is 5.56 Å². The SMILES string of the molecule is CC1(C)O[C@@H]2[C@H](O1)[C@@H](OCc1ccccc1)O[C@@H]2[C@H](O)[C@@H](O)CO. The van der Waals surface area contributed by atoms with Crippen LogP contribution in [0.25, 0.3) is 0 Å². The van der Waals surface area contributed by atoms with E-state index in [4.69, 9.17) is 24.1 Å². The topological polar surface area (TPSA) is 97.6 Å². The Labute approximate surface area is 140 Å². The maximum atomic E-state index is 10.2. The van der Waals surface area contributed by atoms with Crippen molar-refractivity contribution >= 4 is 0 Å². The van der Waals surface area contributed by atoms with E-state index in [1.54, 1.807) is 13.8 Å². The first-order valence-electron chi connectivity index (χ1n) is 8.05. The Bertz CT molecular complexity index is 535. The molecule has 3 rings (SSSR count). The molecular weight excluding hydrogens is 316 g/mol. The zero-order valence-electron chi connectivity index (χ0n) is 13.7. The first-order valence-corrected chi connectivity index (χ1v) is 8.05. The number of benzene rings is 1. The molecule has 7 heteroatoms. The van der Waals surface area contributed by atoms with Gasteiger partial charge in [-0.25, -0.2) is 0 Å². The Balaban J connectivity index is 1.70. The fourth-order valence-corrected chi connectivity index (χ4v) is 3.08.